The van der Waals surface area contributed by atoms with Gasteiger partial charge in [0.25, 0.3) is 5.91 Å². The van der Waals surface area contributed by atoms with Crippen LogP contribution in [0.2, 0.25) is 0 Å². The largest absolute Gasteiger partial charge is 0.416 e. The summed E-state index contributed by atoms with van der Waals surface area (Å²) in [5, 5.41) is 4.53. The van der Waals surface area contributed by atoms with Crippen molar-refractivity contribution >= 4 is 11.7 Å². The predicted molar refractivity (Wildman–Crippen MR) is 107 cm³/mol. The van der Waals surface area contributed by atoms with Crippen LogP contribution in [0.3, 0.4) is 0 Å². The van der Waals surface area contributed by atoms with E-state index in [0.717, 1.165) is 37.8 Å². The first-order chi connectivity index (χ1) is 14.1. The molecule has 3 rings (SSSR count). The van der Waals surface area contributed by atoms with Crippen molar-refractivity contribution < 1.29 is 22.7 Å². The van der Waals surface area contributed by atoms with Crippen LogP contribution in [0.15, 0.2) is 24.3 Å². The number of benzene rings is 1. The molecular weight excluding hydrogens is 397 g/mol. The molecule has 1 aromatic heterocycles. The van der Waals surface area contributed by atoms with Crippen LogP contribution in [-0.4, -0.2) is 22.3 Å². The summed E-state index contributed by atoms with van der Waals surface area (Å²) < 4.78 is 46.0. The van der Waals surface area contributed by atoms with Crippen LogP contribution in [0.4, 0.5) is 19.0 Å². The van der Waals surface area contributed by atoms with E-state index in [-0.39, 0.29) is 23.4 Å². The normalized spacial score (nSPS) is 16.4. The van der Waals surface area contributed by atoms with E-state index in [1.54, 1.807) is 0 Å². The van der Waals surface area contributed by atoms with E-state index in [0.29, 0.717) is 17.9 Å². The lowest BCUT2D eigenvalue weighted by molar-refractivity contribution is -0.137. The number of halogens is 3. The third-order valence-electron chi connectivity index (χ3n) is 5.64. The van der Waals surface area contributed by atoms with Crippen LogP contribution in [0, 0.1) is 5.41 Å². The number of rotatable bonds is 9. The van der Waals surface area contributed by atoms with Gasteiger partial charge >= 0.3 is 6.18 Å². The Hall–Kier alpha value is -2.55. The molecule has 1 amide bonds. The quantitative estimate of drug-likeness (QED) is 0.587. The Kier molecular flexibility index (Phi) is 6.12. The first-order valence-electron chi connectivity index (χ1n) is 10.00. The molecule has 0 aliphatic heterocycles. The van der Waals surface area contributed by atoms with Gasteiger partial charge in [0, 0.05) is 6.61 Å². The maximum Gasteiger partial charge on any atom is 0.416 e. The molecule has 4 N–H and O–H groups in total. The molecule has 1 atom stereocenters. The Morgan fingerprint density at radius 3 is 2.43 bits per heavy atom. The second-order valence-corrected chi connectivity index (χ2v) is 8.10. The maximum atomic E-state index is 13.0. The number of anilines is 1. The number of carbonyl (C=O) groups excluding carboxylic acids is 1. The van der Waals surface area contributed by atoms with Gasteiger partial charge in [-0.2, -0.15) is 18.3 Å². The second kappa shape index (κ2) is 8.29. The topological polar surface area (TPSA) is 96.2 Å². The Balaban J connectivity index is 2.00. The van der Waals surface area contributed by atoms with Gasteiger partial charge in [-0.05, 0) is 42.4 Å². The van der Waals surface area contributed by atoms with Crippen molar-refractivity contribution in [1.82, 2.24) is 9.78 Å². The number of nitrogens with two attached hydrogens (primary N) is 2. The molecule has 0 spiro atoms. The van der Waals surface area contributed by atoms with Crippen molar-refractivity contribution in [3.63, 3.8) is 0 Å². The summed E-state index contributed by atoms with van der Waals surface area (Å²) >= 11 is 0. The molecule has 6 nitrogen and oxygen atoms in total. The van der Waals surface area contributed by atoms with Crippen LogP contribution in [0.5, 0.6) is 0 Å². The van der Waals surface area contributed by atoms with Crippen LogP contribution < -0.4 is 11.5 Å². The van der Waals surface area contributed by atoms with E-state index in [9.17, 15) is 18.0 Å². The van der Waals surface area contributed by atoms with E-state index < -0.39 is 23.7 Å². The fourth-order valence-corrected chi connectivity index (χ4v) is 3.64. The van der Waals surface area contributed by atoms with Crippen molar-refractivity contribution in [3.8, 4) is 0 Å². The minimum atomic E-state index is -4.41. The lowest BCUT2D eigenvalue weighted by Gasteiger charge is -2.26. The van der Waals surface area contributed by atoms with E-state index >= 15 is 0 Å². The predicted octanol–water partition coefficient (Wildman–Crippen LogP) is 4.29. The second-order valence-electron chi connectivity index (χ2n) is 8.10. The number of primary amides is 1. The zero-order valence-electron chi connectivity index (χ0n) is 17.1. The highest BCUT2D eigenvalue weighted by Gasteiger charge is 2.48. The van der Waals surface area contributed by atoms with Gasteiger partial charge in [-0.15, -0.1) is 0 Å². The van der Waals surface area contributed by atoms with Gasteiger partial charge in [-0.3, -0.25) is 4.79 Å². The highest BCUT2D eigenvalue weighted by atomic mass is 19.4. The molecular formula is C21H27F3N4O2. The molecule has 1 aromatic carbocycles. The highest BCUT2D eigenvalue weighted by Crippen LogP contribution is 2.56. The molecule has 1 aliphatic rings. The summed E-state index contributed by atoms with van der Waals surface area (Å²) in [6.45, 7) is 4.67. The minimum Gasteiger partial charge on any atom is -0.383 e. The number of amides is 1. The molecule has 1 aliphatic carbocycles. The standard InChI is InChI=1S/C21H27F3N4O2/c1-3-4-11-30-12-15-16(19(26)29)18(25)28(27-15)17(20(2)9-10-20)13-5-7-14(8-6-13)21(22,23)24/h5-8,17H,3-4,9-12,25H2,1-2H3,(H2,26,29). The third-order valence-corrected chi connectivity index (χ3v) is 5.64. The lowest BCUT2D eigenvalue weighted by Crippen LogP contribution is -2.23. The van der Waals surface area contributed by atoms with Crippen LogP contribution in [0.25, 0.3) is 0 Å². The fraction of sp³-hybridized carbons (Fsp3) is 0.524. The minimum absolute atomic E-state index is 0.0892. The Morgan fingerprint density at radius 2 is 1.93 bits per heavy atom. The molecule has 164 valence electrons. The maximum absolute atomic E-state index is 13.0. The SMILES string of the molecule is CCCCOCc1nn(C(c2ccc(C(F)(F)F)cc2)C2(C)CC2)c(N)c1C(N)=O. The zero-order chi connectivity index (χ0) is 22.1. The summed E-state index contributed by atoms with van der Waals surface area (Å²) in [6.07, 6.45) is -0.842. The third kappa shape index (κ3) is 4.45. The first-order valence-corrected chi connectivity index (χ1v) is 10.00. The van der Waals surface area contributed by atoms with Gasteiger partial charge in [-0.25, -0.2) is 4.68 Å². The number of aromatic nitrogens is 2. The van der Waals surface area contributed by atoms with E-state index in [1.165, 1.54) is 16.8 Å². The number of alkyl halides is 3. The molecule has 30 heavy (non-hydrogen) atoms. The smallest absolute Gasteiger partial charge is 0.383 e. The molecule has 9 heteroatoms. The Bertz CT molecular complexity index is 902. The lowest BCUT2D eigenvalue weighted by atomic mass is 9.91. The number of hydrogen-bond donors (Lipinski definition) is 2. The molecule has 0 radical (unpaired) electrons. The van der Waals surface area contributed by atoms with Gasteiger partial charge in [0.2, 0.25) is 0 Å². The summed E-state index contributed by atoms with van der Waals surface area (Å²) in [5.41, 5.74) is 11.9. The molecule has 2 aromatic rings. The molecule has 0 bridgehead atoms. The first kappa shape index (κ1) is 22.1. The summed E-state index contributed by atoms with van der Waals surface area (Å²) in [4.78, 5) is 12.0. The van der Waals surface area contributed by atoms with Crippen molar-refractivity contribution in [3.05, 3.63) is 46.6 Å². The van der Waals surface area contributed by atoms with Crippen molar-refractivity contribution in [1.29, 1.82) is 0 Å². The number of unbranched alkanes of at least 4 members (excludes halogenated alkanes) is 1. The number of hydrogen-bond acceptors (Lipinski definition) is 4. The van der Waals surface area contributed by atoms with Crippen molar-refractivity contribution in [2.75, 3.05) is 12.3 Å². The van der Waals surface area contributed by atoms with E-state index in [2.05, 4.69) is 5.10 Å². The van der Waals surface area contributed by atoms with Gasteiger partial charge in [0.15, 0.2) is 0 Å². The van der Waals surface area contributed by atoms with Crippen molar-refractivity contribution in [2.24, 2.45) is 11.1 Å². The number of ether oxygens (including phenoxy) is 1. The summed E-state index contributed by atoms with van der Waals surface area (Å²) in [5.74, 6) is -0.602. The van der Waals surface area contributed by atoms with Crippen LogP contribution in [-0.2, 0) is 17.5 Å². The zero-order valence-corrected chi connectivity index (χ0v) is 17.1. The van der Waals surface area contributed by atoms with Crippen LogP contribution >= 0.6 is 0 Å². The van der Waals surface area contributed by atoms with Gasteiger partial charge in [-0.1, -0.05) is 32.4 Å². The average molecular weight is 424 g/mol. The summed E-state index contributed by atoms with van der Waals surface area (Å²) in [7, 11) is 0. The molecule has 1 saturated carbocycles. The number of nitrogen functional groups attached to an aromatic ring is 1. The number of nitrogens with zero attached hydrogens (tertiary/aromatic N) is 2. The Morgan fingerprint density at radius 1 is 1.30 bits per heavy atom. The fourth-order valence-electron chi connectivity index (χ4n) is 3.64. The number of carbonyl (C=O) groups is 1. The van der Waals surface area contributed by atoms with Crippen LogP contribution in [0.1, 0.15) is 72.8 Å². The monoisotopic (exact) mass is 424 g/mol. The molecule has 0 saturated heterocycles. The molecule has 1 fully saturated rings. The van der Waals surface area contributed by atoms with Gasteiger partial charge in [0.1, 0.15) is 17.1 Å². The molecule has 1 unspecified atom stereocenters. The summed E-state index contributed by atoms with van der Waals surface area (Å²) in [6, 6.07) is 4.58. The Labute approximate surface area is 173 Å². The van der Waals surface area contributed by atoms with E-state index in [4.69, 9.17) is 16.2 Å². The van der Waals surface area contributed by atoms with Crippen molar-refractivity contribution in [2.45, 2.75) is 58.4 Å². The van der Waals surface area contributed by atoms with Gasteiger partial charge < -0.3 is 16.2 Å². The average Bonchev–Trinajstić information content (AvgIpc) is 3.32. The molecule has 1 heterocycles. The highest BCUT2D eigenvalue weighted by molar-refractivity contribution is 5.98. The van der Waals surface area contributed by atoms with E-state index in [1.807, 2.05) is 13.8 Å². The van der Waals surface area contributed by atoms with Gasteiger partial charge in [0.05, 0.1) is 18.2 Å².